The molecular formula is C11H15O. The van der Waals surface area contributed by atoms with Gasteiger partial charge in [-0.3, -0.25) is 0 Å². The SMILES string of the molecule is Cc1cc(C)c(CC[O])c(C)c1. The molecule has 0 amide bonds. The van der Waals surface area contributed by atoms with Crippen molar-refractivity contribution in [2.45, 2.75) is 27.2 Å². The molecule has 0 heterocycles. The Morgan fingerprint density at radius 3 is 2.00 bits per heavy atom. The van der Waals surface area contributed by atoms with Crippen molar-refractivity contribution in [3.63, 3.8) is 0 Å². The van der Waals surface area contributed by atoms with Crippen molar-refractivity contribution in [3.8, 4) is 0 Å². The molecule has 1 nitrogen and oxygen atoms in total. The molecule has 65 valence electrons. The lowest BCUT2D eigenvalue weighted by atomic mass is 9.98. The second-order valence-electron chi connectivity index (χ2n) is 3.33. The van der Waals surface area contributed by atoms with E-state index in [1.165, 1.54) is 22.3 Å². The first kappa shape index (κ1) is 9.27. The minimum Gasteiger partial charge on any atom is -0.236 e. The van der Waals surface area contributed by atoms with E-state index in [2.05, 4.69) is 32.9 Å². The molecule has 1 rings (SSSR count). The molecule has 0 aromatic heterocycles. The van der Waals surface area contributed by atoms with Crippen LogP contribution in [0.4, 0.5) is 0 Å². The lowest BCUT2D eigenvalue weighted by Crippen LogP contribution is -1.97. The van der Waals surface area contributed by atoms with Gasteiger partial charge in [0.25, 0.3) is 0 Å². The summed E-state index contributed by atoms with van der Waals surface area (Å²) < 4.78 is 0. The molecule has 0 fully saturated rings. The van der Waals surface area contributed by atoms with E-state index in [-0.39, 0.29) is 6.61 Å². The van der Waals surface area contributed by atoms with Gasteiger partial charge in [-0.1, -0.05) is 17.7 Å². The maximum atomic E-state index is 10.5. The van der Waals surface area contributed by atoms with Gasteiger partial charge in [0.2, 0.25) is 0 Å². The maximum Gasteiger partial charge on any atom is 0.0862 e. The number of hydrogen-bond acceptors (Lipinski definition) is 0. The molecule has 0 unspecified atom stereocenters. The van der Waals surface area contributed by atoms with Crippen LogP contribution < -0.4 is 0 Å². The Kier molecular flexibility index (Phi) is 2.88. The average molecular weight is 163 g/mol. The van der Waals surface area contributed by atoms with E-state index in [1.54, 1.807) is 0 Å². The van der Waals surface area contributed by atoms with Crippen LogP contribution in [0.15, 0.2) is 12.1 Å². The predicted molar refractivity (Wildman–Crippen MR) is 49.9 cm³/mol. The van der Waals surface area contributed by atoms with Gasteiger partial charge in [0.1, 0.15) is 0 Å². The molecule has 0 N–H and O–H groups in total. The van der Waals surface area contributed by atoms with Gasteiger partial charge in [-0.05, 0) is 43.9 Å². The normalized spacial score (nSPS) is 10.3. The molecule has 0 aliphatic carbocycles. The third-order valence-corrected chi connectivity index (χ3v) is 2.19. The zero-order valence-electron chi connectivity index (χ0n) is 7.98. The molecule has 1 aromatic carbocycles. The first-order chi connectivity index (χ1) is 5.65. The van der Waals surface area contributed by atoms with Gasteiger partial charge in [-0.2, -0.15) is 0 Å². The zero-order valence-corrected chi connectivity index (χ0v) is 7.98. The van der Waals surface area contributed by atoms with Crippen LogP contribution in [0.1, 0.15) is 22.3 Å². The Hall–Kier alpha value is -0.820. The molecule has 0 spiro atoms. The summed E-state index contributed by atoms with van der Waals surface area (Å²) in [6.45, 7) is 6.22. The van der Waals surface area contributed by atoms with Crippen molar-refractivity contribution >= 4 is 0 Å². The standard InChI is InChI=1S/C11H15O/c1-8-6-9(2)11(4-5-12)10(3)7-8/h6-7H,4-5H2,1-3H3. The second-order valence-corrected chi connectivity index (χ2v) is 3.33. The van der Waals surface area contributed by atoms with Crippen molar-refractivity contribution in [1.29, 1.82) is 0 Å². The van der Waals surface area contributed by atoms with Gasteiger partial charge in [0.15, 0.2) is 0 Å². The average Bonchev–Trinajstić information content (AvgIpc) is 1.96. The Bertz CT molecular complexity index is 253. The highest BCUT2D eigenvalue weighted by Gasteiger charge is 2.02. The van der Waals surface area contributed by atoms with Crippen molar-refractivity contribution < 1.29 is 5.11 Å². The van der Waals surface area contributed by atoms with Crippen LogP contribution in [0, 0.1) is 20.8 Å². The third-order valence-electron chi connectivity index (χ3n) is 2.19. The lowest BCUT2D eigenvalue weighted by Gasteiger charge is -2.08. The van der Waals surface area contributed by atoms with E-state index >= 15 is 0 Å². The van der Waals surface area contributed by atoms with E-state index in [9.17, 15) is 5.11 Å². The number of hydrogen-bond donors (Lipinski definition) is 0. The first-order valence-corrected chi connectivity index (χ1v) is 4.30. The van der Waals surface area contributed by atoms with Crippen LogP contribution in [0.2, 0.25) is 0 Å². The highest BCUT2D eigenvalue weighted by atomic mass is 16.2. The van der Waals surface area contributed by atoms with Gasteiger partial charge < -0.3 is 0 Å². The van der Waals surface area contributed by atoms with Crippen LogP contribution in [-0.4, -0.2) is 6.61 Å². The van der Waals surface area contributed by atoms with E-state index < -0.39 is 0 Å². The van der Waals surface area contributed by atoms with E-state index in [0.29, 0.717) is 6.42 Å². The minimum atomic E-state index is -0.00919. The fraction of sp³-hybridized carbons (Fsp3) is 0.455. The summed E-state index contributed by atoms with van der Waals surface area (Å²) in [6, 6.07) is 4.27. The van der Waals surface area contributed by atoms with Gasteiger partial charge in [0, 0.05) is 0 Å². The number of benzene rings is 1. The molecule has 0 saturated carbocycles. The van der Waals surface area contributed by atoms with Gasteiger partial charge >= 0.3 is 0 Å². The molecule has 0 saturated heterocycles. The molecule has 1 aromatic rings. The summed E-state index contributed by atoms with van der Waals surface area (Å²) in [6.07, 6.45) is 0.665. The first-order valence-electron chi connectivity index (χ1n) is 4.30. The smallest absolute Gasteiger partial charge is 0.0862 e. The van der Waals surface area contributed by atoms with E-state index in [0.717, 1.165) is 0 Å². The lowest BCUT2D eigenvalue weighted by molar-refractivity contribution is 0.197. The van der Waals surface area contributed by atoms with Crippen LogP contribution in [0.5, 0.6) is 0 Å². The Balaban J connectivity index is 3.10. The van der Waals surface area contributed by atoms with Gasteiger partial charge in [-0.15, -0.1) is 0 Å². The molecule has 1 heteroatoms. The molecule has 0 aliphatic heterocycles. The molecule has 1 radical (unpaired) electrons. The van der Waals surface area contributed by atoms with E-state index in [1.807, 2.05) is 0 Å². The Labute approximate surface area is 74.1 Å². The largest absolute Gasteiger partial charge is 0.236 e. The van der Waals surface area contributed by atoms with Crippen LogP contribution >= 0.6 is 0 Å². The Morgan fingerprint density at radius 1 is 1.08 bits per heavy atom. The van der Waals surface area contributed by atoms with Gasteiger partial charge in [0.05, 0.1) is 6.61 Å². The summed E-state index contributed by atoms with van der Waals surface area (Å²) in [7, 11) is 0. The summed E-state index contributed by atoms with van der Waals surface area (Å²) in [4.78, 5) is 0. The molecule has 0 aliphatic rings. The number of aryl methyl sites for hydroxylation is 3. The van der Waals surface area contributed by atoms with Crippen molar-refractivity contribution in [2.75, 3.05) is 6.61 Å². The summed E-state index contributed by atoms with van der Waals surface area (Å²) in [5.74, 6) is 0. The summed E-state index contributed by atoms with van der Waals surface area (Å²) in [5.41, 5.74) is 5.02. The quantitative estimate of drug-likeness (QED) is 0.638. The summed E-state index contributed by atoms with van der Waals surface area (Å²) >= 11 is 0. The van der Waals surface area contributed by atoms with Crippen LogP contribution in [-0.2, 0) is 11.5 Å². The Morgan fingerprint density at radius 2 is 1.58 bits per heavy atom. The van der Waals surface area contributed by atoms with Crippen molar-refractivity contribution in [2.24, 2.45) is 0 Å². The van der Waals surface area contributed by atoms with Gasteiger partial charge in [-0.25, -0.2) is 5.11 Å². The molecular weight excluding hydrogens is 148 g/mol. The fourth-order valence-corrected chi connectivity index (χ4v) is 1.71. The van der Waals surface area contributed by atoms with E-state index in [4.69, 9.17) is 0 Å². The van der Waals surface area contributed by atoms with Crippen molar-refractivity contribution in [1.82, 2.24) is 0 Å². The monoisotopic (exact) mass is 163 g/mol. The molecule has 0 atom stereocenters. The minimum absolute atomic E-state index is 0.00919. The van der Waals surface area contributed by atoms with Crippen LogP contribution in [0.3, 0.4) is 0 Å². The molecule has 0 bridgehead atoms. The van der Waals surface area contributed by atoms with Crippen LogP contribution in [0.25, 0.3) is 0 Å². The van der Waals surface area contributed by atoms with Crippen molar-refractivity contribution in [3.05, 3.63) is 34.4 Å². The predicted octanol–water partition coefficient (Wildman–Crippen LogP) is 2.58. The highest BCUT2D eigenvalue weighted by Crippen LogP contribution is 2.16. The second kappa shape index (κ2) is 3.72. The maximum absolute atomic E-state index is 10.5. The fourth-order valence-electron chi connectivity index (χ4n) is 1.71. The summed E-state index contributed by atoms with van der Waals surface area (Å²) in [5, 5.41) is 10.5. The third kappa shape index (κ3) is 1.86. The molecule has 12 heavy (non-hydrogen) atoms. The topological polar surface area (TPSA) is 19.9 Å². The number of rotatable bonds is 2. The zero-order chi connectivity index (χ0) is 9.14. The highest BCUT2D eigenvalue weighted by molar-refractivity contribution is 5.37.